The molecule has 1 N–H and O–H groups in total. The van der Waals surface area contributed by atoms with E-state index < -0.39 is 6.10 Å². The molecule has 0 saturated carbocycles. The number of rotatable bonds is 6. The summed E-state index contributed by atoms with van der Waals surface area (Å²) in [5.41, 5.74) is 3.35. The molecule has 0 aromatic heterocycles. The predicted octanol–water partition coefficient (Wildman–Crippen LogP) is 4.93. The maximum atomic E-state index is 12.6. The summed E-state index contributed by atoms with van der Waals surface area (Å²) in [5, 5.41) is 5.38. The molecule has 3 rings (SSSR count). The van der Waals surface area contributed by atoms with E-state index in [4.69, 9.17) is 4.74 Å². The van der Waals surface area contributed by atoms with Crippen molar-refractivity contribution in [3.8, 4) is 5.75 Å². The van der Waals surface area contributed by atoms with E-state index in [0.717, 1.165) is 22.4 Å². The van der Waals surface area contributed by atoms with Gasteiger partial charge in [-0.2, -0.15) is 0 Å². The second-order valence-electron chi connectivity index (χ2n) is 6.57. The number of amides is 1. The highest BCUT2D eigenvalue weighted by atomic mass is 16.5. The molecule has 0 spiro atoms. The summed E-state index contributed by atoms with van der Waals surface area (Å²) in [5.74, 6) is 0.693. The van der Waals surface area contributed by atoms with Gasteiger partial charge in [-0.3, -0.25) is 4.79 Å². The van der Waals surface area contributed by atoms with Crippen molar-refractivity contribution in [3.63, 3.8) is 0 Å². The molecule has 0 radical (unpaired) electrons. The van der Waals surface area contributed by atoms with Crippen LogP contribution >= 0.6 is 0 Å². The SMILES string of the molecule is CC[C@@H](Oc1cccc(C)c1C)C(=O)NCc1cccc2ccccc12. The standard InChI is InChI=1S/C23H25NO2/c1-4-21(26-22-14-7-9-16(2)17(22)3)23(25)24-15-19-12-8-11-18-10-5-6-13-20(18)19/h5-14,21H,4,15H2,1-3H3,(H,24,25)/t21-/m1/s1. The molecule has 0 saturated heterocycles. The van der Waals surface area contributed by atoms with Crippen LogP contribution in [0.25, 0.3) is 10.8 Å². The van der Waals surface area contributed by atoms with Crippen LogP contribution in [0.15, 0.2) is 60.7 Å². The second kappa shape index (κ2) is 8.05. The van der Waals surface area contributed by atoms with Crippen molar-refractivity contribution in [1.29, 1.82) is 0 Å². The fourth-order valence-corrected chi connectivity index (χ4v) is 3.07. The number of carbonyl (C=O) groups is 1. The van der Waals surface area contributed by atoms with Gasteiger partial charge in [0.2, 0.25) is 0 Å². The van der Waals surface area contributed by atoms with E-state index in [2.05, 4.69) is 29.6 Å². The molecule has 0 aliphatic rings. The Bertz CT molecular complexity index is 912. The van der Waals surface area contributed by atoms with Gasteiger partial charge in [-0.05, 0) is 53.8 Å². The van der Waals surface area contributed by atoms with Gasteiger partial charge in [-0.15, -0.1) is 0 Å². The summed E-state index contributed by atoms with van der Waals surface area (Å²) >= 11 is 0. The van der Waals surface area contributed by atoms with Crippen molar-refractivity contribution < 1.29 is 9.53 Å². The quantitative estimate of drug-likeness (QED) is 0.686. The van der Waals surface area contributed by atoms with E-state index in [0.29, 0.717) is 13.0 Å². The van der Waals surface area contributed by atoms with Crippen LogP contribution < -0.4 is 10.1 Å². The van der Waals surface area contributed by atoms with Crippen molar-refractivity contribution in [1.82, 2.24) is 5.32 Å². The van der Waals surface area contributed by atoms with Gasteiger partial charge >= 0.3 is 0 Å². The number of ether oxygens (including phenoxy) is 1. The third-order valence-corrected chi connectivity index (χ3v) is 4.82. The zero-order valence-corrected chi connectivity index (χ0v) is 15.6. The molecule has 0 heterocycles. The maximum Gasteiger partial charge on any atom is 0.261 e. The fraction of sp³-hybridized carbons (Fsp3) is 0.261. The lowest BCUT2D eigenvalue weighted by atomic mass is 10.0. The Morgan fingerprint density at radius 3 is 2.54 bits per heavy atom. The average molecular weight is 347 g/mol. The van der Waals surface area contributed by atoms with Gasteiger partial charge in [-0.1, -0.05) is 61.5 Å². The second-order valence-corrected chi connectivity index (χ2v) is 6.57. The van der Waals surface area contributed by atoms with Crippen LogP contribution in [-0.2, 0) is 11.3 Å². The summed E-state index contributed by atoms with van der Waals surface area (Å²) in [4.78, 5) is 12.6. The van der Waals surface area contributed by atoms with Crippen molar-refractivity contribution in [2.75, 3.05) is 0 Å². The summed E-state index contributed by atoms with van der Waals surface area (Å²) in [7, 11) is 0. The third kappa shape index (κ3) is 3.88. The third-order valence-electron chi connectivity index (χ3n) is 4.82. The van der Waals surface area contributed by atoms with Gasteiger partial charge < -0.3 is 10.1 Å². The Balaban J connectivity index is 1.70. The van der Waals surface area contributed by atoms with E-state index in [1.807, 2.05) is 57.2 Å². The molecule has 1 atom stereocenters. The zero-order chi connectivity index (χ0) is 18.5. The lowest BCUT2D eigenvalue weighted by Crippen LogP contribution is -2.37. The molecule has 134 valence electrons. The molecular formula is C23H25NO2. The molecular weight excluding hydrogens is 322 g/mol. The van der Waals surface area contributed by atoms with E-state index in [-0.39, 0.29) is 5.91 Å². The van der Waals surface area contributed by atoms with Gasteiger partial charge in [-0.25, -0.2) is 0 Å². The first-order valence-electron chi connectivity index (χ1n) is 9.07. The summed E-state index contributed by atoms with van der Waals surface area (Å²) in [6.07, 6.45) is 0.125. The minimum atomic E-state index is -0.495. The number of hydrogen-bond acceptors (Lipinski definition) is 2. The maximum absolute atomic E-state index is 12.6. The lowest BCUT2D eigenvalue weighted by Gasteiger charge is -2.19. The Kier molecular flexibility index (Phi) is 5.57. The first-order valence-corrected chi connectivity index (χ1v) is 9.07. The lowest BCUT2D eigenvalue weighted by molar-refractivity contribution is -0.128. The first-order chi connectivity index (χ1) is 12.6. The van der Waals surface area contributed by atoms with Crippen LogP contribution in [0.2, 0.25) is 0 Å². The van der Waals surface area contributed by atoms with Gasteiger partial charge in [0.25, 0.3) is 5.91 Å². The highest BCUT2D eigenvalue weighted by Gasteiger charge is 2.19. The summed E-state index contributed by atoms with van der Waals surface area (Å²) in [6.45, 7) is 6.52. The van der Waals surface area contributed by atoms with E-state index in [1.165, 1.54) is 10.8 Å². The fourth-order valence-electron chi connectivity index (χ4n) is 3.07. The molecule has 3 nitrogen and oxygen atoms in total. The van der Waals surface area contributed by atoms with Gasteiger partial charge in [0, 0.05) is 6.54 Å². The molecule has 3 aromatic rings. The molecule has 26 heavy (non-hydrogen) atoms. The molecule has 1 amide bonds. The Hall–Kier alpha value is -2.81. The van der Waals surface area contributed by atoms with E-state index >= 15 is 0 Å². The van der Waals surface area contributed by atoms with Crippen molar-refractivity contribution in [2.24, 2.45) is 0 Å². The van der Waals surface area contributed by atoms with Crippen molar-refractivity contribution in [2.45, 2.75) is 39.8 Å². The normalized spacial score (nSPS) is 12.0. The molecule has 0 aliphatic carbocycles. The number of benzene rings is 3. The van der Waals surface area contributed by atoms with Gasteiger partial charge in [0.15, 0.2) is 6.10 Å². The largest absolute Gasteiger partial charge is 0.480 e. The number of nitrogens with one attached hydrogen (secondary N) is 1. The summed E-state index contributed by atoms with van der Waals surface area (Å²) in [6, 6.07) is 20.3. The van der Waals surface area contributed by atoms with Crippen LogP contribution in [0.1, 0.15) is 30.0 Å². The molecule has 3 aromatic carbocycles. The molecule has 0 bridgehead atoms. The van der Waals surface area contributed by atoms with E-state index in [9.17, 15) is 4.79 Å². The first kappa shape index (κ1) is 18.0. The van der Waals surface area contributed by atoms with Crippen LogP contribution in [0.4, 0.5) is 0 Å². The topological polar surface area (TPSA) is 38.3 Å². The Labute approximate surface area is 155 Å². The van der Waals surface area contributed by atoms with Crippen molar-refractivity contribution in [3.05, 3.63) is 77.4 Å². The smallest absolute Gasteiger partial charge is 0.261 e. The Morgan fingerprint density at radius 2 is 1.73 bits per heavy atom. The van der Waals surface area contributed by atoms with Crippen LogP contribution in [0, 0.1) is 13.8 Å². The van der Waals surface area contributed by atoms with Crippen LogP contribution in [0.3, 0.4) is 0 Å². The van der Waals surface area contributed by atoms with Gasteiger partial charge in [0.1, 0.15) is 5.75 Å². The highest BCUT2D eigenvalue weighted by Crippen LogP contribution is 2.23. The molecule has 0 aliphatic heterocycles. The number of aryl methyl sites for hydroxylation is 1. The molecule has 3 heteroatoms. The van der Waals surface area contributed by atoms with Crippen molar-refractivity contribution >= 4 is 16.7 Å². The van der Waals surface area contributed by atoms with Gasteiger partial charge in [0.05, 0.1) is 0 Å². The molecule has 0 unspecified atom stereocenters. The minimum Gasteiger partial charge on any atom is -0.480 e. The molecule has 0 fully saturated rings. The average Bonchev–Trinajstić information content (AvgIpc) is 2.67. The Morgan fingerprint density at radius 1 is 1.00 bits per heavy atom. The zero-order valence-electron chi connectivity index (χ0n) is 15.6. The van der Waals surface area contributed by atoms with E-state index in [1.54, 1.807) is 0 Å². The monoisotopic (exact) mass is 347 g/mol. The highest BCUT2D eigenvalue weighted by molar-refractivity contribution is 5.86. The number of fused-ring (bicyclic) bond motifs is 1. The minimum absolute atomic E-state index is 0.0821. The number of hydrogen-bond donors (Lipinski definition) is 1. The van der Waals surface area contributed by atoms with Crippen LogP contribution in [-0.4, -0.2) is 12.0 Å². The predicted molar refractivity (Wildman–Crippen MR) is 106 cm³/mol. The summed E-state index contributed by atoms with van der Waals surface area (Å²) < 4.78 is 6.00. The van der Waals surface area contributed by atoms with Crippen LogP contribution in [0.5, 0.6) is 5.75 Å². The number of carbonyl (C=O) groups excluding carboxylic acids is 1.